The van der Waals surface area contributed by atoms with Crippen LogP contribution in [0.1, 0.15) is 35.6 Å². The highest BCUT2D eigenvalue weighted by atomic mass is 15.0. The summed E-state index contributed by atoms with van der Waals surface area (Å²) in [7, 11) is 0. The highest BCUT2D eigenvalue weighted by Crippen LogP contribution is 2.24. The molecule has 1 aliphatic carbocycles. The number of aromatic nitrogens is 4. The van der Waals surface area contributed by atoms with E-state index in [4.69, 9.17) is 0 Å². The summed E-state index contributed by atoms with van der Waals surface area (Å²) in [5, 5.41) is 3.37. The lowest BCUT2D eigenvalue weighted by atomic mass is 9.96. The van der Waals surface area contributed by atoms with Crippen LogP contribution in [0.25, 0.3) is 0 Å². The molecule has 0 aliphatic heterocycles. The second-order valence-corrected chi connectivity index (χ2v) is 4.80. The van der Waals surface area contributed by atoms with Crippen molar-refractivity contribution in [3.05, 3.63) is 41.4 Å². The van der Waals surface area contributed by atoms with E-state index in [1.54, 1.807) is 12.5 Å². The van der Waals surface area contributed by atoms with E-state index in [0.29, 0.717) is 6.54 Å². The van der Waals surface area contributed by atoms with Crippen molar-refractivity contribution >= 4 is 5.82 Å². The molecule has 0 atom stereocenters. The number of anilines is 1. The Kier molecular flexibility index (Phi) is 3.35. The van der Waals surface area contributed by atoms with Gasteiger partial charge in [-0.1, -0.05) is 0 Å². The zero-order chi connectivity index (χ0) is 13.1. The van der Waals surface area contributed by atoms with Gasteiger partial charge in [-0.15, -0.1) is 0 Å². The van der Waals surface area contributed by atoms with E-state index in [1.807, 2.05) is 13.0 Å². The molecule has 0 fully saturated rings. The zero-order valence-corrected chi connectivity index (χ0v) is 11.1. The average Bonchev–Trinajstić information content (AvgIpc) is 2.45. The number of nitrogens with one attached hydrogen (secondary N) is 1. The minimum Gasteiger partial charge on any atom is -0.364 e. The highest BCUT2D eigenvalue weighted by molar-refractivity contribution is 5.47. The van der Waals surface area contributed by atoms with Crippen LogP contribution in [-0.2, 0) is 19.4 Å². The predicted octanol–water partition coefficient (Wildman–Crippen LogP) is 2.07. The van der Waals surface area contributed by atoms with Crippen LogP contribution in [0, 0.1) is 6.92 Å². The number of hydrogen-bond donors (Lipinski definition) is 1. The SMILES string of the molecule is Cc1nccc(CNc2ncnc3c2CCCC3)n1. The molecule has 2 aromatic rings. The summed E-state index contributed by atoms with van der Waals surface area (Å²) >= 11 is 0. The summed E-state index contributed by atoms with van der Waals surface area (Å²) in [5.74, 6) is 1.75. The molecule has 0 radical (unpaired) electrons. The van der Waals surface area contributed by atoms with E-state index in [0.717, 1.165) is 30.2 Å². The Morgan fingerprint density at radius 1 is 1.16 bits per heavy atom. The first kappa shape index (κ1) is 12.0. The first-order chi connectivity index (χ1) is 9.33. The van der Waals surface area contributed by atoms with Crippen LogP contribution in [0.4, 0.5) is 5.82 Å². The molecule has 0 saturated carbocycles. The molecular weight excluding hydrogens is 238 g/mol. The van der Waals surface area contributed by atoms with Gasteiger partial charge < -0.3 is 5.32 Å². The van der Waals surface area contributed by atoms with Gasteiger partial charge in [0.05, 0.1) is 12.2 Å². The smallest absolute Gasteiger partial charge is 0.133 e. The molecule has 19 heavy (non-hydrogen) atoms. The van der Waals surface area contributed by atoms with Gasteiger partial charge in [-0.2, -0.15) is 0 Å². The third-order valence-corrected chi connectivity index (χ3v) is 3.40. The fourth-order valence-electron chi connectivity index (χ4n) is 2.45. The van der Waals surface area contributed by atoms with Crippen molar-refractivity contribution < 1.29 is 0 Å². The quantitative estimate of drug-likeness (QED) is 0.909. The minimum atomic E-state index is 0.673. The minimum absolute atomic E-state index is 0.673. The lowest BCUT2D eigenvalue weighted by molar-refractivity contribution is 0.663. The Morgan fingerprint density at radius 2 is 2.05 bits per heavy atom. The van der Waals surface area contributed by atoms with Crippen LogP contribution in [0.3, 0.4) is 0 Å². The number of nitrogens with zero attached hydrogens (tertiary/aromatic N) is 4. The van der Waals surface area contributed by atoms with Gasteiger partial charge in [-0.25, -0.2) is 19.9 Å². The average molecular weight is 255 g/mol. The molecule has 98 valence electrons. The summed E-state index contributed by atoms with van der Waals surface area (Å²) in [6.07, 6.45) is 8.03. The fraction of sp³-hybridized carbons (Fsp3) is 0.429. The molecule has 2 aromatic heterocycles. The molecule has 0 spiro atoms. The molecular formula is C14H17N5. The monoisotopic (exact) mass is 255 g/mol. The van der Waals surface area contributed by atoms with E-state index >= 15 is 0 Å². The summed E-state index contributed by atoms with van der Waals surface area (Å²) < 4.78 is 0. The third kappa shape index (κ3) is 2.70. The lowest BCUT2D eigenvalue weighted by Crippen LogP contribution is -2.12. The third-order valence-electron chi connectivity index (χ3n) is 3.40. The summed E-state index contributed by atoms with van der Waals surface area (Å²) in [5.41, 5.74) is 3.46. The van der Waals surface area contributed by atoms with Gasteiger partial charge >= 0.3 is 0 Å². The molecule has 1 N–H and O–H groups in total. The van der Waals surface area contributed by atoms with Crippen LogP contribution in [-0.4, -0.2) is 19.9 Å². The Hall–Kier alpha value is -2.04. The van der Waals surface area contributed by atoms with E-state index in [-0.39, 0.29) is 0 Å². The first-order valence-corrected chi connectivity index (χ1v) is 6.68. The maximum atomic E-state index is 4.38. The summed E-state index contributed by atoms with van der Waals surface area (Å²) in [4.78, 5) is 17.2. The maximum Gasteiger partial charge on any atom is 0.133 e. The summed E-state index contributed by atoms with van der Waals surface area (Å²) in [6, 6.07) is 1.92. The maximum absolute atomic E-state index is 4.38. The van der Waals surface area contributed by atoms with E-state index in [9.17, 15) is 0 Å². The van der Waals surface area contributed by atoms with Crippen molar-refractivity contribution in [2.75, 3.05) is 5.32 Å². The second-order valence-electron chi connectivity index (χ2n) is 4.80. The van der Waals surface area contributed by atoms with E-state index < -0.39 is 0 Å². The first-order valence-electron chi connectivity index (χ1n) is 6.68. The van der Waals surface area contributed by atoms with E-state index in [2.05, 4.69) is 25.3 Å². The van der Waals surface area contributed by atoms with Crippen molar-refractivity contribution in [1.29, 1.82) is 0 Å². The number of rotatable bonds is 3. The molecule has 0 unspecified atom stereocenters. The van der Waals surface area contributed by atoms with Crippen LogP contribution < -0.4 is 5.32 Å². The summed E-state index contributed by atoms with van der Waals surface area (Å²) in [6.45, 7) is 2.57. The molecule has 0 bridgehead atoms. The van der Waals surface area contributed by atoms with Crippen molar-refractivity contribution in [2.24, 2.45) is 0 Å². The molecule has 3 rings (SSSR count). The molecule has 5 heteroatoms. The number of fused-ring (bicyclic) bond motifs is 1. The van der Waals surface area contributed by atoms with Crippen molar-refractivity contribution in [1.82, 2.24) is 19.9 Å². The van der Waals surface area contributed by atoms with Crippen LogP contribution >= 0.6 is 0 Å². The molecule has 0 amide bonds. The predicted molar refractivity (Wildman–Crippen MR) is 72.8 cm³/mol. The molecule has 2 heterocycles. The van der Waals surface area contributed by atoms with Gasteiger partial charge in [0.25, 0.3) is 0 Å². The molecule has 0 aromatic carbocycles. The number of hydrogen-bond acceptors (Lipinski definition) is 5. The molecule has 0 saturated heterocycles. The number of aryl methyl sites for hydroxylation is 2. The molecule has 1 aliphatic rings. The van der Waals surface area contributed by atoms with Gasteiger partial charge in [-0.3, -0.25) is 0 Å². The largest absolute Gasteiger partial charge is 0.364 e. The zero-order valence-electron chi connectivity index (χ0n) is 11.1. The van der Waals surface area contributed by atoms with Gasteiger partial charge in [0.2, 0.25) is 0 Å². The van der Waals surface area contributed by atoms with E-state index in [1.165, 1.54) is 24.1 Å². The second kappa shape index (κ2) is 5.30. The Bertz CT molecular complexity index is 582. The Morgan fingerprint density at radius 3 is 2.95 bits per heavy atom. The van der Waals surface area contributed by atoms with Gasteiger partial charge in [-0.05, 0) is 38.7 Å². The fourth-order valence-corrected chi connectivity index (χ4v) is 2.45. The Balaban J connectivity index is 1.77. The van der Waals surface area contributed by atoms with Gasteiger partial charge in [0.1, 0.15) is 18.0 Å². The standard InChI is InChI=1S/C14H17N5/c1-10-15-7-6-11(19-10)8-16-14-12-4-2-3-5-13(12)17-9-18-14/h6-7,9H,2-5,8H2,1H3,(H,16,17,18). The molecule has 5 nitrogen and oxygen atoms in total. The van der Waals surface area contributed by atoms with Gasteiger partial charge in [0, 0.05) is 17.5 Å². The van der Waals surface area contributed by atoms with Crippen LogP contribution in [0.2, 0.25) is 0 Å². The lowest BCUT2D eigenvalue weighted by Gasteiger charge is -2.17. The van der Waals surface area contributed by atoms with Crippen molar-refractivity contribution in [2.45, 2.75) is 39.2 Å². The van der Waals surface area contributed by atoms with Crippen LogP contribution in [0.5, 0.6) is 0 Å². The highest BCUT2D eigenvalue weighted by Gasteiger charge is 2.15. The normalized spacial score (nSPS) is 13.9. The topological polar surface area (TPSA) is 63.6 Å². The Labute approximate surface area is 112 Å². The van der Waals surface area contributed by atoms with Crippen molar-refractivity contribution in [3.8, 4) is 0 Å². The van der Waals surface area contributed by atoms with Crippen molar-refractivity contribution in [3.63, 3.8) is 0 Å². The van der Waals surface area contributed by atoms with Crippen LogP contribution in [0.15, 0.2) is 18.6 Å². The van der Waals surface area contributed by atoms with Gasteiger partial charge in [0.15, 0.2) is 0 Å².